The Labute approximate surface area is 120 Å². The second-order valence-corrected chi connectivity index (χ2v) is 6.70. The smallest absolute Gasteiger partial charge is 0.162 e. The summed E-state index contributed by atoms with van der Waals surface area (Å²) in [5.74, 6) is 3.40. The van der Waals surface area contributed by atoms with Gasteiger partial charge in [-0.1, -0.05) is 29.4 Å². The molecular weight excluding hydrogens is 286 g/mol. The van der Waals surface area contributed by atoms with Gasteiger partial charge in [0.15, 0.2) is 5.17 Å². The van der Waals surface area contributed by atoms with Crippen LogP contribution in [0.25, 0.3) is 0 Å². The summed E-state index contributed by atoms with van der Waals surface area (Å²) in [5.41, 5.74) is 2.30. The molecule has 1 aromatic carbocycles. The maximum Gasteiger partial charge on any atom is 0.162 e. The van der Waals surface area contributed by atoms with E-state index >= 15 is 0 Å². The molecule has 0 unspecified atom stereocenters. The maximum atomic E-state index is 6.01. The van der Waals surface area contributed by atoms with Crippen LogP contribution in [0, 0.1) is 0 Å². The zero-order chi connectivity index (χ0) is 12.4. The number of hydrogen-bond donors (Lipinski definition) is 1. The van der Waals surface area contributed by atoms with Crippen molar-refractivity contribution < 1.29 is 0 Å². The topological polar surface area (TPSA) is 27.6 Å². The highest BCUT2D eigenvalue weighted by atomic mass is 35.5. The average Bonchev–Trinajstić information content (AvgIpc) is 2.89. The highest BCUT2D eigenvalue weighted by Gasteiger charge is 2.16. The Morgan fingerprint density at radius 3 is 3.28 bits per heavy atom. The number of fused-ring (bicyclic) bond motifs is 1. The van der Waals surface area contributed by atoms with Gasteiger partial charge in [0.25, 0.3) is 0 Å². The number of amidine groups is 1. The zero-order valence-corrected chi connectivity index (χ0v) is 12.2. The summed E-state index contributed by atoms with van der Waals surface area (Å²) in [4.78, 5) is 6.99. The van der Waals surface area contributed by atoms with Gasteiger partial charge in [0.1, 0.15) is 0 Å². The Hall–Kier alpha value is -0.360. The fraction of sp³-hybridized carbons (Fsp3) is 0.417. The van der Waals surface area contributed by atoms with Crippen LogP contribution in [-0.4, -0.2) is 34.1 Å². The van der Waals surface area contributed by atoms with Crippen LogP contribution in [0.5, 0.6) is 0 Å². The average molecular weight is 300 g/mol. The third-order valence-corrected chi connectivity index (χ3v) is 5.17. The first-order chi connectivity index (χ1) is 8.81. The molecule has 0 aliphatic carbocycles. The number of nitrogens with zero attached hydrogens (tertiary/aromatic N) is 2. The molecule has 2 aliphatic rings. The van der Waals surface area contributed by atoms with Crippen molar-refractivity contribution in [1.29, 1.82) is 0 Å². The fourth-order valence-corrected chi connectivity index (χ4v) is 4.05. The van der Waals surface area contributed by atoms with Crippen molar-refractivity contribution >= 4 is 46.0 Å². The molecule has 3 nitrogen and oxygen atoms in total. The predicted octanol–water partition coefficient (Wildman–Crippen LogP) is 3.32. The van der Waals surface area contributed by atoms with E-state index in [-0.39, 0.29) is 0 Å². The van der Waals surface area contributed by atoms with E-state index in [0.717, 1.165) is 34.2 Å². The zero-order valence-electron chi connectivity index (χ0n) is 9.86. The first-order valence-corrected chi connectivity index (χ1v) is 8.36. The monoisotopic (exact) mass is 299 g/mol. The van der Waals surface area contributed by atoms with E-state index in [1.165, 1.54) is 17.9 Å². The summed E-state index contributed by atoms with van der Waals surface area (Å²) in [6.45, 7) is 1.93. The van der Waals surface area contributed by atoms with Crippen LogP contribution in [0.2, 0.25) is 5.02 Å². The SMILES string of the molecule is Clc1ccc2c(c1)NC(SCN1CCSC1)=NC2. The van der Waals surface area contributed by atoms with Crippen LogP contribution in [0.1, 0.15) is 5.56 Å². The van der Waals surface area contributed by atoms with Crippen LogP contribution >= 0.6 is 35.1 Å². The molecule has 0 saturated carbocycles. The van der Waals surface area contributed by atoms with Gasteiger partial charge in [-0.25, -0.2) is 0 Å². The van der Waals surface area contributed by atoms with Crippen LogP contribution in [0.15, 0.2) is 23.2 Å². The molecule has 18 heavy (non-hydrogen) atoms. The van der Waals surface area contributed by atoms with Gasteiger partial charge < -0.3 is 5.32 Å². The number of hydrogen-bond acceptors (Lipinski definition) is 5. The molecule has 2 heterocycles. The lowest BCUT2D eigenvalue weighted by Crippen LogP contribution is -2.22. The van der Waals surface area contributed by atoms with Crippen molar-refractivity contribution in [1.82, 2.24) is 4.90 Å². The molecule has 1 saturated heterocycles. The molecule has 0 spiro atoms. The van der Waals surface area contributed by atoms with Gasteiger partial charge in [-0.05, 0) is 17.7 Å². The van der Waals surface area contributed by atoms with E-state index in [2.05, 4.69) is 15.2 Å². The standard InChI is InChI=1S/C12H14ClN3S2/c13-10-2-1-9-6-14-12(15-11(9)5-10)18-8-16-3-4-17-7-16/h1-2,5H,3-4,6-8H2,(H,14,15). The summed E-state index contributed by atoms with van der Waals surface area (Å²) in [5, 5.41) is 5.13. The number of aliphatic imine (C=N–C) groups is 1. The molecule has 1 aromatic rings. The molecule has 2 aliphatic heterocycles. The normalized spacial score (nSPS) is 19.3. The molecular formula is C12H14ClN3S2. The van der Waals surface area contributed by atoms with Gasteiger partial charge in [0, 0.05) is 28.9 Å². The summed E-state index contributed by atoms with van der Waals surface area (Å²) in [6, 6.07) is 5.92. The third-order valence-electron chi connectivity index (χ3n) is 2.92. The van der Waals surface area contributed by atoms with E-state index in [1.807, 2.05) is 30.0 Å². The molecule has 6 heteroatoms. The largest absolute Gasteiger partial charge is 0.335 e. The van der Waals surface area contributed by atoms with Crippen molar-refractivity contribution in [2.45, 2.75) is 6.54 Å². The molecule has 0 radical (unpaired) electrons. The number of halogens is 1. The summed E-state index contributed by atoms with van der Waals surface area (Å²) in [7, 11) is 0. The Morgan fingerprint density at radius 1 is 1.50 bits per heavy atom. The number of thioether (sulfide) groups is 2. The van der Waals surface area contributed by atoms with Crippen LogP contribution in [0.3, 0.4) is 0 Å². The first kappa shape index (κ1) is 12.7. The second kappa shape index (κ2) is 5.74. The van der Waals surface area contributed by atoms with Gasteiger partial charge >= 0.3 is 0 Å². The Balaban J connectivity index is 1.60. The summed E-state index contributed by atoms with van der Waals surface area (Å²) in [6.07, 6.45) is 0. The minimum atomic E-state index is 0.747. The molecule has 0 aromatic heterocycles. The minimum absolute atomic E-state index is 0.747. The first-order valence-electron chi connectivity index (χ1n) is 5.84. The van der Waals surface area contributed by atoms with Crippen LogP contribution in [0.4, 0.5) is 5.69 Å². The van der Waals surface area contributed by atoms with Gasteiger partial charge in [0.05, 0.1) is 12.4 Å². The lowest BCUT2D eigenvalue weighted by molar-refractivity contribution is 0.422. The van der Waals surface area contributed by atoms with E-state index in [4.69, 9.17) is 11.6 Å². The van der Waals surface area contributed by atoms with Crippen LogP contribution < -0.4 is 5.32 Å². The highest BCUT2D eigenvalue weighted by Crippen LogP contribution is 2.27. The van der Waals surface area contributed by atoms with Gasteiger partial charge in [-0.3, -0.25) is 9.89 Å². The Morgan fingerprint density at radius 2 is 2.44 bits per heavy atom. The Bertz CT molecular complexity index is 472. The van der Waals surface area contributed by atoms with Crippen molar-refractivity contribution in [3.63, 3.8) is 0 Å². The van der Waals surface area contributed by atoms with Crippen LogP contribution in [-0.2, 0) is 6.54 Å². The van der Waals surface area contributed by atoms with Crippen molar-refractivity contribution in [2.75, 3.05) is 29.4 Å². The molecule has 0 amide bonds. The van der Waals surface area contributed by atoms with E-state index in [1.54, 1.807) is 11.8 Å². The van der Waals surface area contributed by atoms with E-state index < -0.39 is 0 Å². The van der Waals surface area contributed by atoms with Crippen molar-refractivity contribution in [3.05, 3.63) is 28.8 Å². The Kier molecular flexibility index (Phi) is 4.03. The molecule has 0 atom stereocenters. The van der Waals surface area contributed by atoms with Crippen molar-refractivity contribution in [3.8, 4) is 0 Å². The van der Waals surface area contributed by atoms with Gasteiger partial charge in [0.2, 0.25) is 0 Å². The quantitative estimate of drug-likeness (QED) is 0.906. The molecule has 1 fully saturated rings. The summed E-state index contributed by atoms with van der Waals surface area (Å²) < 4.78 is 0. The molecule has 0 bridgehead atoms. The number of benzene rings is 1. The van der Waals surface area contributed by atoms with Gasteiger partial charge in [-0.2, -0.15) is 0 Å². The van der Waals surface area contributed by atoms with E-state index in [0.29, 0.717) is 0 Å². The maximum absolute atomic E-state index is 6.01. The molecule has 1 N–H and O–H groups in total. The number of anilines is 1. The third kappa shape index (κ3) is 2.96. The predicted molar refractivity (Wildman–Crippen MR) is 82.7 cm³/mol. The fourth-order valence-electron chi connectivity index (χ4n) is 1.90. The van der Waals surface area contributed by atoms with Crippen molar-refractivity contribution in [2.24, 2.45) is 4.99 Å². The van der Waals surface area contributed by atoms with Gasteiger partial charge in [-0.15, -0.1) is 11.8 Å². The molecule has 96 valence electrons. The highest BCUT2D eigenvalue weighted by molar-refractivity contribution is 8.14. The lowest BCUT2D eigenvalue weighted by atomic mass is 10.1. The molecule has 3 rings (SSSR count). The summed E-state index contributed by atoms with van der Waals surface area (Å²) >= 11 is 9.77. The minimum Gasteiger partial charge on any atom is -0.335 e. The number of nitrogens with one attached hydrogen (secondary N) is 1. The van der Waals surface area contributed by atoms with E-state index in [9.17, 15) is 0 Å². The second-order valence-electron chi connectivity index (χ2n) is 4.25. The number of rotatable bonds is 2. The lowest BCUT2D eigenvalue weighted by Gasteiger charge is -2.20.